The molecule has 0 amide bonds. The topological polar surface area (TPSA) is 29.3 Å². The molecule has 1 aromatic rings. The van der Waals surface area contributed by atoms with Crippen molar-refractivity contribution in [3.8, 4) is 0 Å². The highest BCUT2D eigenvalue weighted by Crippen LogP contribution is 2.29. The second-order valence-electron chi connectivity index (χ2n) is 4.38. The fraction of sp³-hybridized carbons (Fsp3) is 0.500. The summed E-state index contributed by atoms with van der Waals surface area (Å²) in [6, 6.07) is 4.90. The van der Waals surface area contributed by atoms with Crippen LogP contribution in [-0.4, -0.2) is 24.5 Å². The van der Waals surface area contributed by atoms with Crippen LogP contribution in [0.1, 0.15) is 23.6 Å². The largest absolute Gasteiger partial charge is 0.416 e. The van der Waals surface area contributed by atoms with Crippen molar-refractivity contribution >= 4 is 24.8 Å². The number of hydrogen-bond acceptors (Lipinski definition) is 2. The molecule has 0 spiro atoms. The van der Waals surface area contributed by atoms with Crippen molar-refractivity contribution in [1.29, 1.82) is 0 Å². The Morgan fingerprint density at radius 2 is 1.63 bits per heavy atom. The van der Waals surface area contributed by atoms with Gasteiger partial charge in [-0.25, -0.2) is 0 Å². The molecule has 7 heteroatoms. The molecule has 0 unspecified atom stereocenters. The van der Waals surface area contributed by atoms with Crippen LogP contribution in [0.15, 0.2) is 24.3 Å². The van der Waals surface area contributed by atoms with E-state index in [-0.39, 0.29) is 30.9 Å². The van der Waals surface area contributed by atoms with Crippen LogP contribution in [0.5, 0.6) is 0 Å². The van der Waals surface area contributed by atoms with E-state index >= 15 is 0 Å². The molecule has 0 saturated carbocycles. The minimum absolute atomic E-state index is 0. The zero-order chi connectivity index (χ0) is 12.5. The maximum Gasteiger partial charge on any atom is 0.416 e. The van der Waals surface area contributed by atoms with Gasteiger partial charge in [0.25, 0.3) is 0 Å². The van der Waals surface area contributed by atoms with Crippen molar-refractivity contribution in [3.63, 3.8) is 0 Å². The Morgan fingerprint density at radius 3 is 2.00 bits per heavy atom. The lowest BCUT2D eigenvalue weighted by atomic mass is 10.0. The van der Waals surface area contributed by atoms with E-state index < -0.39 is 11.7 Å². The fourth-order valence-corrected chi connectivity index (χ4v) is 1.87. The number of hydrogen-bond donors (Lipinski definition) is 1. The molecular formula is C12H17Cl2F3N2. The normalized spacial score (nSPS) is 16.8. The highest BCUT2D eigenvalue weighted by Gasteiger charge is 2.30. The van der Waals surface area contributed by atoms with Crippen molar-refractivity contribution in [2.24, 2.45) is 5.73 Å². The van der Waals surface area contributed by atoms with Crippen molar-refractivity contribution in [2.75, 3.05) is 19.6 Å². The predicted molar refractivity (Wildman–Crippen MR) is 73.9 cm³/mol. The molecule has 2 nitrogen and oxygen atoms in total. The molecule has 1 aromatic carbocycles. The summed E-state index contributed by atoms with van der Waals surface area (Å²) in [5.41, 5.74) is 6.07. The number of likely N-dealkylation sites (tertiary alicyclic amines) is 1. The average Bonchev–Trinajstić information content (AvgIpc) is 2.22. The number of benzene rings is 1. The highest BCUT2D eigenvalue weighted by molar-refractivity contribution is 5.85. The van der Waals surface area contributed by atoms with Crippen molar-refractivity contribution in [2.45, 2.75) is 18.6 Å². The second-order valence-corrected chi connectivity index (χ2v) is 4.38. The molecule has 19 heavy (non-hydrogen) atoms. The molecular weight excluding hydrogens is 300 g/mol. The zero-order valence-corrected chi connectivity index (χ0v) is 11.8. The van der Waals surface area contributed by atoms with Gasteiger partial charge in [0.1, 0.15) is 0 Å². The zero-order valence-electron chi connectivity index (χ0n) is 10.2. The van der Waals surface area contributed by atoms with Crippen molar-refractivity contribution in [1.82, 2.24) is 4.90 Å². The molecule has 0 aromatic heterocycles. The fourth-order valence-electron chi connectivity index (χ4n) is 1.87. The quantitative estimate of drug-likeness (QED) is 0.927. The van der Waals surface area contributed by atoms with Gasteiger partial charge in [0.05, 0.1) is 5.56 Å². The summed E-state index contributed by atoms with van der Waals surface area (Å²) in [5.74, 6) is 0. The van der Waals surface area contributed by atoms with E-state index in [0.29, 0.717) is 6.54 Å². The van der Waals surface area contributed by atoms with Gasteiger partial charge in [0.2, 0.25) is 0 Å². The van der Waals surface area contributed by atoms with Gasteiger partial charge >= 0.3 is 6.18 Å². The molecule has 0 aliphatic carbocycles. The summed E-state index contributed by atoms with van der Waals surface area (Å²) in [6.45, 7) is 2.79. The third kappa shape index (κ3) is 4.84. The molecule has 1 atom stereocenters. The summed E-state index contributed by atoms with van der Waals surface area (Å²) in [4.78, 5) is 2.20. The summed E-state index contributed by atoms with van der Waals surface area (Å²) >= 11 is 0. The first-order valence-electron chi connectivity index (χ1n) is 5.62. The van der Waals surface area contributed by atoms with E-state index in [9.17, 15) is 13.2 Å². The Labute approximate surface area is 123 Å². The van der Waals surface area contributed by atoms with Crippen LogP contribution in [0, 0.1) is 0 Å². The molecule has 0 radical (unpaired) electrons. The van der Waals surface area contributed by atoms with Crippen LogP contribution in [0.2, 0.25) is 0 Å². The maximum atomic E-state index is 12.4. The molecule has 1 aliphatic heterocycles. The Kier molecular flexibility index (Phi) is 7.15. The van der Waals surface area contributed by atoms with Crippen LogP contribution in [0.4, 0.5) is 13.2 Å². The summed E-state index contributed by atoms with van der Waals surface area (Å²) in [5, 5.41) is 0. The minimum atomic E-state index is -4.28. The van der Waals surface area contributed by atoms with Crippen LogP contribution < -0.4 is 5.73 Å². The highest BCUT2D eigenvalue weighted by atomic mass is 35.5. The maximum absolute atomic E-state index is 12.4. The number of halogens is 5. The first kappa shape index (κ1) is 18.5. The van der Waals surface area contributed by atoms with Gasteiger partial charge in [-0.2, -0.15) is 13.2 Å². The van der Waals surface area contributed by atoms with E-state index in [1.165, 1.54) is 18.6 Å². The standard InChI is InChI=1S/C12H15F3N2.2ClH/c13-12(14,15)10-4-2-9(3-5-10)11(16)8-17-6-1-7-17;;/h2-5,11H,1,6-8,16H2;2*1H/t11-;;/m1../s1. The van der Waals surface area contributed by atoms with E-state index in [2.05, 4.69) is 4.90 Å². The number of nitrogens with zero attached hydrogens (tertiary/aromatic N) is 1. The van der Waals surface area contributed by atoms with Gasteiger partial charge in [-0.05, 0) is 37.2 Å². The Balaban J connectivity index is 0.00000162. The molecule has 1 saturated heterocycles. The number of rotatable bonds is 3. The lowest BCUT2D eigenvalue weighted by molar-refractivity contribution is -0.137. The van der Waals surface area contributed by atoms with Gasteiger partial charge in [-0.3, -0.25) is 0 Å². The second kappa shape index (κ2) is 7.33. The Morgan fingerprint density at radius 1 is 1.11 bits per heavy atom. The summed E-state index contributed by atoms with van der Waals surface area (Å²) < 4.78 is 37.1. The Bertz CT molecular complexity index is 378. The first-order chi connectivity index (χ1) is 7.97. The summed E-state index contributed by atoms with van der Waals surface area (Å²) in [6.07, 6.45) is -3.10. The van der Waals surface area contributed by atoms with Gasteiger partial charge in [-0.15, -0.1) is 24.8 Å². The van der Waals surface area contributed by atoms with Crippen molar-refractivity contribution < 1.29 is 13.2 Å². The van der Waals surface area contributed by atoms with Crippen LogP contribution in [0.25, 0.3) is 0 Å². The van der Waals surface area contributed by atoms with E-state index in [4.69, 9.17) is 5.73 Å². The van der Waals surface area contributed by atoms with Crippen LogP contribution in [-0.2, 0) is 6.18 Å². The average molecular weight is 317 g/mol. The predicted octanol–water partition coefficient (Wildman–Crippen LogP) is 3.25. The lowest BCUT2D eigenvalue weighted by Gasteiger charge is -2.33. The third-order valence-electron chi connectivity index (χ3n) is 3.07. The molecule has 2 rings (SSSR count). The molecule has 2 N–H and O–H groups in total. The third-order valence-corrected chi connectivity index (χ3v) is 3.07. The van der Waals surface area contributed by atoms with Gasteiger partial charge < -0.3 is 10.6 Å². The molecule has 110 valence electrons. The van der Waals surface area contributed by atoms with E-state index in [0.717, 1.165) is 30.8 Å². The van der Waals surface area contributed by atoms with Crippen molar-refractivity contribution in [3.05, 3.63) is 35.4 Å². The minimum Gasteiger partial charge on any atom is -0.323 e. The Hall–Kier alpha value is -0.490. The molecule has 1 fully saturated rings. The van der Waals surface area contributed by atoms with Gasteiger partial charge in [0.15, 0.2) is 0 Å². The van der Waals surface area contributed by atoms with Crippen LogP contribution in [0.3, 0.4) is 0 Å². The monoisotopic (exact) mass is 316 g/mol. The smallest absolute Gasteiger partial charge is 0.323 e. The first-order valence-corrected chi connectivity index (χ1v) is 5.62. The number of alkyl halides is 3. The summed E-state index contributed by atoms with van der Waals surface area (Å²) in [7, 11) is 0. The lowest BCUT2D eigenvalue weighted by Crippen LogP contribution is -2.41. The van der Waals surface area contributed by atoms with Gasteiger partial charge in [0, 0.05) is 12.6 Å². The molecule has 1 heterocycles. The molecule has 1 aliphatic rings. The SMILES string of the molecule is Cl.Cl.N[C@H](CN1CCC1)c1ccc(C(F)(F)F)cc1. The van der Waals surface area contributed by atoms with Crippen LogP contribution >= 0.6 is 24.8 Å². The van der Waals surface area contributed by atoms with E-state index in [1.807, 2.05) is 0 Å². The van der Waals surface area contributed by atoms with E-state index in [1.54, 1.807) is 0 Å². The molecule has 0 bridgehead atoms. The van der Waals surface area contributed by atoms with Gasteiger partial charge in [-0.1, -0.05) is 12.1 Å². The number of nitrogens with two attached hydrogens (primary N) is 1.